The quantitative estimate of drug-likeness (QED) is 0.692. The summed E-state index contributed by atoms with van der Waals surface area (Å²) in [5.74, 6) is 0. The molecule has 0 amide bonds. The standard InChI is InChI=1S/C7H8BrNO/c1-10-5-6-3-2-4-7(8)9-6/h2-4H,5H2,1H3/i1D3,5D2. The second-order valence-electron chi connectivity index (χ2n) is 1.55. The molecule has 0 radical (unpaired) electrons. The maximum atomic E-state index is 7.42. The Morgan fingerprint density at radius 2 is 2.80 bits per heavy atom. The molecule has 1 rings (SSSR count). The van der Waals surface area contributed by atoms with Crippen molar-refractivity contribution in [2.75, 3.05) is 7.04 Å². The molecule has 10 heavy (non-hydrogen) atoms. The van der Waals surface area contributed by atoms with Gasteiger partial charge in [-0.05, 0) is 28.1 Å². The first kappa shape index (κ1) is 3.32. The van der Waals surface area contributed by atoms with E-state index in [-0.39, 0.29) is 5.69 Å². The topological polar surface area (TPSA) is 22.1 Å². The third-order valence-electron chi connectivity index (χ3n) is 0.871. The van der Waals surface area contributed by atoms with Gasteiger partial charge in [0, 0.05) is 7.04 Å². The second kappa shape index (κ2) is 3.68. The molecule has 2 nitrogen and oxygen atoms in total. The summed E-state index contributed by atoms with van der Waals surface area (Å²) in [6, 6.07) is 4.51. The summed E-state index contributed by atoms with van der Waals surface area (Å²) >= 11 is 3.06. The molecule has 0 bridgehead atoms. The van der Waals surface area contributed by atoms with Gasteiger partial charge in [0.25, 0.3) is 0 Å². The lowest BCUT2D eigenvalue weighted by atomic mass is 10.4. The molecule has 0 fully saturated rings. The van der Waals surface area contributed by atoms with Crippen LogP contribution >= 0.6 is 15.9 Å². The SMILES string of the molecule is [2H]C([2H])([2H])OC([2H])([2H])c1cccc(Br)n1. The van der Waals surface area contributed by atoms with E-state index in [9.17, 15) is 0 Å². The Kier molecular flexibility index (Phi) is 1.22. The summed E-state index contributed by atoms with van der Waals surface area (Å²) in [5.41, 5.74) is -0.0898. The number of aromatic nitrogens is 1. The molecule has 1 aromatic rings. The Morgan fingerprint density at radius 3 is 3.50 bits per heavy atom. The highest BCUT2D eigenvalue weighted by atomic mass is 79.9. The van der Waals surface area contributed by atoms with E-state index in [1.54, 1.807) is 12.1 Å². The molecule has 0 aromatic carbocycles. The maximum absolute atomic E-state index is 7.42. The van der Waals surface area contributed by atoms with Crippen molar-refractivity contribution in [3.63, 3.8) is 0 Å². The highest BCUT2D eigenvalue weighted by Gasteiger charge is 1.91. The summed E-state index contributed by atoms with van der Waals surface area (Å²) < 4.78 is 40.0. The van der Waals surface area contributed by atoms with Crippen molar-refractivity contribution >= 4 is 15.9 Å². The number of halogens is 1. The van der Waals surface area contributed by atoms with Gasteiger partial charge in [-0.25, -0.2) is 4.98 Å². The van der Waals surface area contributed by atoms with E-state index in [0.717, 1.165) is 0 Å². The largest absolute Gasteiger partial charge is 0.378 e. The number of hydrogen-bond acceptors (Lipinski definition) is 2. The van der Waals surface area contributed by atoms with E-state index in [1.807, 2.05) is 0 Å². The summed E-state index contributed by atoms with van der Waals surface area (Å²) in [5, 5.41) is 0. The Morgan fingerprint density at radius 1 is 1.90 bits per heavy atom. The van der Waals surface area contributed by atoms with Crippen LogP contribution in [0.4, 0.5) is 0 Å². The van der Waals surface area contributed by atoms with Crippen molar-refractivity contribution in [3.8, 4) is 0 Å². The van der Waals surface area contributed by atoms with Gasteiger partial charge < -0.3 is 4.74 Å². The number of hydrogen-bond donors (Lipinski definition) is 0. The van der Waals surface area contributed by atoms with Crippen LogP contribution in [0.1, 0.15) is 12.5 Å². The predicted molar refractivity (Wildman–Crippen MR) is 42.7 cm³/mol. The smallest absolute Gasteiger partial charge is 0.106 e. The van der Waals surface area contributed by atoms with Crippen LogP contribution in [0.2, 0.25) is 0 Å². The van der Waals surface area contributed by atoms with Gasteiger partial charge in [-0.2, -0.15) is 0 Å². The van der Waals surface area contributed by atoms with Gasteiger partial charge in [0.15, 0.2) is 0 Å². The first-order valence-electron chi connectivity index (χ1n) is 5.04. The van der Waals surface area contributed by atoms with Gasteiger partial charge >= 0.3 is 0 Å². The predicted octanol–water partition coefficient (Wildman–Crippen LogP) is 1.99. The zero-order valence-corrected chi connectivity index (χ0v) is 6.55. The number of pyridine rings is 1. The van der Waals surface area contributed by atoms with Crippen LogP contribution in [0, 0.1) is 0 Å². The second-order valence-corrected chi connectivity index (χ2v) is 2.36. The van der Waals surface area contributed by atoms with E-state index in [0.29, 0.717) is 4.60 Å². The molecule has 0 unspecified atom stereocenters. The van der Waals surface area contributed by atoms with Gasteiger partial charge in [-0.1, -0.05) is 6.07 Å². The van der Waals surface area contributed by atoms with E-state index in [4.69, 9.17) is 6.85 Å². The van der Waals surface area contributed by atoms with Crippen LogP contribution in [0.25, 0.3) is 0 Å². The lowest BCUT2D eigenvalue weighted by molar-refractivity contribution is 0.181. The van der Waals surface area contributed by atoms with Crippen molar-refractivity contribution in [3.05, 3.63) is 28.5 Å². The number of methoxy groups -OCH3 is 1. The first-order chi connectivity index (χ1) is 6.71. The molecule has 0 aliphatic rings. The average molecular weight is 207 g/mol. The molecule has 1 aromatic heterocycles. The number of ether oxygens (including phenoxy) is 1. The summed E-state index contributed by atoms with van der Waals surface area (Å²) in [6.45, 7) is -2.44. The van der Waals surface area contributed by atoms with Gasteiger partial charge in [0.2, 0.25) is 0 Å². The van der Waals surface area contributed by atoms with Crippen molar-refractivity contribution in [1.82, 2.24) is 4.98 Å². The Bertz CT molecular complexity index is 353. The molecular weight excluding hydrogens is 194 g/mol. The van der Waals surface area contributed by atoms with E-state index < -0.39 is 13.6 Å². The van der Waals surface area contributed by atoms with Gasteiger partial charge in [0.1, 0.15) is 4.60 Å². The van der Waals surface area contributed by atoms with Gasteiger partial charge in [-0.15, -0.1) is 0 Å². The molecule has 0 saturated carbocycles. The minimum Gasteiger partial charge on any atom is -0.378 e. The highest BCUT2D eigenvalue weighted by Crippen LogP contribution is 2.06. The van der Waals surface area contributed by atoms with E-state index in [2.05, 4.69) is 25.7 Å². The molecule has 0 atom stereocenters. The molecule has 3 heteroatoms. The monoisotopic (exact) mass is 206 g/mol. The Labute approximate surface area is 75.4 Å². The van der Waals surface area contributed by atoms with Gasteiger partial charge in [-0.3, -0.25) is 0 Å². The van der Waals surface area contributed by atoms with Crippen LogP contribution in [0.5, 0.6) is 0 Å². The first-order valence-corrected chi connectivity index (χ1v) is 3.33. The molecule has 0 aliphatic heterocycles. The zero-order valence-electron chi connectivity index (χ0n) is 9.97. The molecule has 1 heterocycles. The average Bonchev–Trinajstić information content (AvgIpc) is 1.99. The summed E-state index contributed by atoms with van der Waals surface area (Å²) in [4.78, 5) is 3.80. The third-order valence-corrected chi connectivity index (χ3v) is 1.31. The molecule has 54 valence electrons. The van der Waals surface area contributed by atoms with E-state index in [1.165, 1.54) is 6.07 Å². The minimum atomic E-state index is -2.80. The molecule has 0 saturated heterocycles. The van der Waals surface area contributed by atoms with Crippen LogP contribution in [0.15, 0.2) is 22.8 Å². The van der Waals surface area contributed by atoms with Crippen LogP contribution in [0.3, 0.4) is 0 Å². The fourth-order valence-electron chi connectivity index (χ4n) is 0.517. The normalized spacial score (nSPS) is 19.9. The third kappa shape index (κ3) is 2.08. The molecule has 0 N–H and O–H groups in total. The molecule has 0 aliphatic carbocycles. The lowest BCUT2D eigenvalue weighted by Crippen LogP contribution is -1.90. The fourth-order valence-corrected chi connectivity index (χ4v) is 0.861. The minimum absolute atomic E-state index is 0.0898. The molecular formula is C7H8BrNO. The summed E-state index contributed by atoms with van der Waals surface area (Å²) in [6.07, 6.45) is 0. The number of rotatable bonds is 2. The number of nitrogens with zero attached hydrogens (tertiary/aromatic N) is 1. The van der Waals surface area contributed by atoms with Crippen LogP contribution in [-0.4, -0.2) is 12.0 Å². The van der Waals surface area contributed by atoms with Crippen molar-refractivity contribution in [2.45, 2.75) is 6.56 Å². The maximum Gasteiger partial charge on any atom is 0.106 e. The lowest BCUT2D eigenvalue weighted by Gasteiger charge is -1.97. The van der Waals surface area contributed by atoms with Gasteiger partial charge in [0.05, 0.1) is 19.1 Å². The van der Waals surface area contributed by atoms with Crippen molar-refractivity contribution in [2.24, 2.45) is 0 Å². The van der Waals surface area contributed by atoms with E-state index >= 15 is 0 Å². The fraction of sp³-hybridized carbons (Fsp3) is 0.286. The molecule has 0 spiro atoms. The Hall–Kier alpha value is -0.410. The van der Waals surface area contributed by atoms with Crippen LogP contribution < -0.4 is 0 Å². The Balaban J connectivity index is 2.95. The van der Waals surface area contributed by atoms with Crippen molar-refractivity contribution in [1.29, 1.82) is 0 Å². The highest BCUT2D eigenvalue weighted by molar-refractivity contribution is 9.10. The summed E-state index contributed by atoms with van der Waals surface area (Å²) in [7, 11) is -2.80. The zero-order chi connectivity index (χ0) is 11.7. The van der Waals surface area contributed by atoms with Crippen LogP contribution in [-0.2, 0) is 11.3 Å². The van der Waals surface area contributed by atoms with Crippen molar-refractivity contribution < 1.29 is 11.6 Å².